The van der Waals surface area contributed by atoms with Crippen molar-refractivity contribution >= 4 is 17.7 Å². The lowest BCUT2D eigenvalue weighted by molar-refractivity contribution is -0.162. The first-order valence-electron chi connectivity index (χ1n) is 17.6. The predicted octanol–water partition coefficient (Wildman–Crippen LogP) is 5.99. The van der Waals surface area contributed by atoms with Gasteiger partial charge in [-0.3, -0.25) is 14.4 Å². The van der Waals surface area contributed by atoms with Gasteiger partial charge < -0.3 is 24.5 Å². The molecule has 47 heavy (non-hydrogen) atoms. The Balaban J connectivity index is 1.88. The van der Waals surface area contributed by atoms with Crippen LogP contribution in [0.5, 0.6) is 0 Å². The van der Waals surface area contributed by atoms with Gasteiger partial charge in [0.05, 0.1) is 30.1 Å². The summed E-state index contributed by atoms with van der Waals surface area (Å²) in [7, 11) is 0. The van der Waals surface area contributed by atoms with Crippen LogP contribution in [0.4, 0.5) is 0 Å². The zero-order valence-electron chi connectivity index (χ0n) is 30.1. The van der Waals surface area contributed by atoms with Gasteiger partial charge in [0.2, 0.25) is 17.7 Å². The van der Waals surface area contributed by atoms with Crippen LogP contribution in [0.15, 0.2) is 55.6 Å². The maximum absolute atomic E-state index is 15.2. The summed E-state index contributed by atoms with van der Waals surface area (Å²) in [5.74, 6) is -2.29. The average molecular weight is 650 g/mol. The Kier molecular flexibility index (Phi) is 10.9. The first-order chi connectivity index (χ1) is 22.1. The second-order valence-corrected chi connectivity index (χ2v) is 16.0. The number of benzene rings is 1. The molecule has 3 amide bonds. The van der Waals surface area contributed by atoms with Crippen LogP contribution in [0.1, 0.15) is 93.1 Å². The molecular weight excluding hydrogens is 590 g/mol. The zero-order chi connectivity index (χ0) is 34.9. The predicted molar refractivity (Wildman–Crippen MR) is 186 cm³/mol. The Bertz CT molecular complexity index is 1320. The number of hydrogen-bond acceptors (Lipinski definition) is 5. The van der Waals surface area contributed by atoms with Crippen LogP contribution in [0.3, 0.4) is 0 Å². The van der Waals surface area contributed by atoms with Gasteiger partial charge in [-0.25, -0.2) is 0 Å². The average Bonchev–Trinajstić information content (AvgIpc) is 3.62. The van der Waals surface area contributed by atoms with Crippen molar-refractivity contribution in [3.63, 3.8) is 0 Å². The summed E-state index contributed by atoms with van der Waals surface area (Å²) in [6, 6.07) is 8.24. The fourth-order valence-electron chi connectivity index (χ4n) is 9.18. The van der Waals surface area contributed by atoms with Crippen molar-refractivity contribution in [3.8, 4) is 0 Å². The molecule has 260 valence electrons. The molecule has 7 atom stereocenters. The number of aliphatic hydroxyl groups excluding tert-OH is 1. The number of likely N-dealkylation sites (tertiary alicyclic amines) is 1. The van der Waals surface area contributed by atoms with Crippen molar-refractivity contribution in [1.29, 1.82) is 0 Å². The molecule has 3 saturated heterocycles. The lowest BCUT2D eigenvalue weighted by Crippen LogP contribution is -2.63. The number of carbonyl (C=O) groups excluding carboxylic acids is 3. The minimum absolute atomic E-state index is 0.0704. The fraction of sp³-hybridized carbons (Fsp3) is 0.667. The third kappa shape index (κ3) is 6.57. The number of nitrogens with zero attached hydrogens (tertiary/aromatic N) is 3. The Morgan fingerprint density at radius 2 is 1.70 bits per heavy atom. The Morgan fingerprint density at radius 3 is 2.23 bits per heavy atom. The van der Waals surface area contributed by atoms with E-state index in [-0.39, 0.29) is 35.7 Å². The maximum Gasteiger partial charge on any atom is 0.249 e. The van der Waals surface area contributed by atoms with Gasteiger partial charge in [0.15, 0.2) is 0 Å². The molecule has 1 N–H and O–H groups in total. The highest BCUT2D eigenvalue weighted by Crippen LogP contribution is 2.65. The number of fused-ring (bicyclic) bond motifs is 1. The van der Waals surface area contributed by atoms with Gasteiger partial charge in [-0.2, -0.15) is 0 Å². The van der Waals surface area contributed by atoms with Gasteiger partial charge in [-0.1, -0.05) is 90.4 Å². The number of aliphatic hydroxyl groups is 1. The Labute approximate surface area is 283 Å². The minimum Gasteiger partial charge on any atom is -0.394 e. The summed E-state index contributed by atoms with van der Waals surface area (Å²) in [4.78, 5) is 50.3. The molecule has 3 aliphatic heterocycles. The number of hydrogen-bond donors (Lipinski definition) is 1. The molecule has 1 aromatic rings. The lowest BCUT2D eigenvalue weighted by Gasteiger charge is -2.47. The standard InChI is InChI=1S/C39H59N3O5/c1-11-22-40(24-28-18-16-15-17-19-28)33(44)30-31-34(45)42(29(25-43)27(5)13-3)32(39(31)21-20-38(30,14-4)47-39)35(46)41(23-12-2)37(9,10)26-36(6,7)8/h11-12,15-19,27,29-32,43H,1-2,13-14,20-26H2,3-10H3/t27-,29-,30+,31-,32?,38-,39?/m0/s1. The highest BCUT2D eigenvalue weighted by atomic mass is 16.5. The second kappa shape index (κ2) is 13.9. The SMILES string of the molecule is C=CCN(Cc1ccccc1)C(=O)[C@H]1[C@H]2C(=O)N([C@@H](CO)[C@@H](C)CC)C(C(=O)N(CC=C)C(C)(C)CC(C)(C)C)C23CC[C@]1(CC)O3. The number of ether oxygens (including phenoxy) is 1. The molecule has 3 aliphatic rings. The summed E-state index contributed by atoms with van der Waals surface area (Å²) < 4.78 is 7.13. The molecule has 0 radical (unpaired) electrons. The van der Waals surface area contributed by atoms with Crippen LogP contribution in [0.25, 0.3) is 0 Å². The van der Waals surface area contributed by atoms with Crippen molar-refractivity contribution in [1.82, 2.24) is 14.7 Å². The van der Waals surface area contributed by atoms with Crippen LogP contribution < -0.4 is 0 Å². The van der Waals surface area contributed by atoms with E-state index in [0.717, 1.165) is 12.0 Å². The molecule has 0 aromatic heterocycles. The van der Waals surface area contributed by atoms with E-state index in [1.54, 1.807) is 22.0 Å². The van der Waals surface area contributed by atoms with Crippen molar-refractivity contribution in [2.75, 3.05) is 19.7 Å². The van der Waals surface area contributed by atoms with Gasteiger partial charge >= 0.3 is 0 Å². The van der Waals surface area contributed by atoms with Crippen LogP contribution >= 0.6 is 0 Å². The van der Waals surface area contributed by atoms with Crippen LogP contribution in [0.2, 0.25) is 0 Å². The highest BCUT2D eigenvalue weighted by Gasteiger charge is 2.79. The number of rotatable bonds is 15. The molecule has 0 saturated carbocycles. The Morgan fingerprint density at radius 1 is 1.06 bits per heavy atom. The molecular formula is C39H59N3O5. The zero-order valence-corrected chi connectivity index (χ0v) is 30.1. The monoisotopic (exact) mass is 649 g/mol. The number of carbonyl (C=O) groups is 3. The van der Waals surface area contributed by atoms with E-state index in [9.17, 15) is 9.90 Å². The van der Waals surface area contributed by atoms with Gasteiger partial charge in [0.25, 0.3) is 0 Å². The molecule has 1 aromatic carbocycles. The first-order valence-corrected chi connectivity index (χ1v) is 17.6. The smallest absolute Gasteiger partial charge is 0.249 e. The van der Waals surface area contributed by atoms with E-state index in [1.165, 1.54) is 0 Å². The van der Waals surface area contributed by atoms with E-state index in [0.29, 0.717) is 45.3 Å². The van der Waals surface area contributed by atoms with Crippen molar-refractivity contribution < 1.29 is 24.2 Å². The molecule has 3 heterocycles. The van der Waals surface area contributed by atoms with E-state index < -0.39 is 40.7 Å². The number of amides is 3. The summed E-state index contributed by atoms with van der Waals surface area (Å²) in [5.41, 5.74) is -1.71. The summed E-state index contributed by atoms with van der Waals surface area (Å²) in [6.45, 7) is 25.3. The molecule has 2 bridgehead atoms. The van der Waals surface area contributed by atoms with Gasteiger partial charge in [-0.15, -0.1) is 13.2 Å². The molecule has 1 spiro atoms. The van der Waals surface area contributed by atoms with Gasteiger partial charge in [0.1, 0.15) is 11.6 Å². The summed E-state index contributed by atoms with van der Waals surface area (Å²) in [6.07, 6.45) is 6.51. The normalized spacial score (nSPS) is 28.1. The molecule has 8 heteroatoms. The van der Waals surface area contributed by atoms with Crippen LogP contribution in [0, 0.1) is 23.2 Å². The van der Waals surface area contributed by atoms with Crippen molar-refractivity contribution in [3.05, 3.63) is 61.2 Å². The van der Waals surface area contributed by atoms with Crippen molar-refractivity contribution in [2.45, 2.75) is 123 Å². The van der Waals surface area contributed by atoms with E-state index in [1.807, 2.05) is 56.0 Å². The van der Waals surface area contributed by atoms with Crippen LogP contribution in [-0.4, -0.2) is 86.0 Å². The largest absolute Gasteiger partial charge is 0.394 e. The summed E-state index contributed by atoms with van der Waals surface area (Å²) in [5, 5.41) is 10.8. The van der Waals surface area contributed by atoms with E-state index in [4.69, 9.17) is 4.74 Å². The fourth-order valence-corrected chi connectivity index (χ4v) is 9.18. The van der Waals surface area contributed by atoms with E-state index in [2.05, 4.69) is 47.8 Å². The minimum atomic E-state index is -1.19. The second-order valence-electron chi connectivity index (χ2n) is 16.0. The third-order valence-electron chi connectivity index (χ3n) is 11.1. The molecule has 8 nitrogen and oxygen atoms in total. The third-order valence-corrected chi connectivity index (χ3v) is 11.1. The Hall–Kier alpha value is -2.97. The van der Waals surface area contributed by atoms with E-state index >= 15 is 9.59 Å². The quantitative estimate of drug-likeness (QED) is 0.236. The first kappa shape index (κ1) is 36.9. The highest BCUT2D eigenvalue weighted by molar-refractivity contribution is 5.99. The lowest BCUT2D eigenvalue weighted by atomic mass is 9.64. The molecule has 4 rings (SSSR count). The van der Waals surface area contributed by atoms with Gasteiger partial charge in [0, 0.05) is 25.2 Å². The maximum atomic E-state index is 15.2. The summed E-state index contributed by atoms with van der Waals surface area (Å²) >= 11 is 0. The van der Waals surface area contributed by atoms with Crippen molar-refractivity contribution in [2.24, 2.45) is 23.2 Å². The molecule has 2 unspecified atom stereocenters. The topological polar surface area (TPSA) is 90.4 Å². The van der Waals surface area contributed by atoms with Crippen LogP contribution in [-0.2, 0) is 25.7 Å². The molecule has 3 fully saturated rings. The van der Waals surface area contributed by atoms with Gasteiger partial charge in [-0.05, 0) is 56.4 Å². The molecule has 0 aliphatic carbocycles.